The monoisotopic (exact) mass is 688 g/mol. The molecule has 3 atom stereocenters. The predicted molar refractivity (Wildman–Crippen MR) is 187 cm³/mol. The van der Waals surface area contributed by atoms with Crippen molar-refractivity contribution >= 4 is 19.8 Å². The van der Waals surface area contributed by atoms with Crippen LogP contribution in [0, 0.1) is 0 Å². The number of phosphoric acid groups is 1. The lowest BCUT2D eigenvalue weighted by molar-refractivity contribution is -0.161. The van der Waals surface area contributed by atoms with E-state index in [1.165, 1.54) is 44.9 Å². The molecule has 0 aromatic carbocycles. The van der Waals surface area contributed by atoms with Gasteiger partial charge in [0.15, 0.2) is 6.10 Å². The molecule has 0 radical (unpaired) electrons. The molecule has 274 valence electrons. The Kier molecular flexibility index (Phi) is 31.5. The quantitative estimate of drug-likeness (QED) is 0.0265. The van der Waals surface area contributed by atoms with Gasteiger partial charge < -0.3 is 24.6 Å². The molecule has 0 aliphatic heterocycles. The molecule has 3 unspecified atom stereocenters. The first-order chi connectivity index (χ1) is 22.7. The Morgan fingerprint density at radius 2 is 1.17 bits per heavy atom. The highest BCUT2D eigenvalue weighted by Gasteiger charge is 2.27. The molecule has 10 nitrogen and oxygen atoms in total. The molecule has 0 aromatic heterocycles. The highest BCUT2D eigenvalue weighted by Crippen LogP contribution is 2.43. The van der Waals surface area contributed by atoms with Crippen LogP contribution >= 0.6 is 7.82 Å². The van der Waals surface area contributed by atoms with E-state index < -0.39 is 51.8 Å². The number of unbranched alkanes of at least 4 members (excludes halogenated alkanes) is 13. The zero-order chi connectivity index (χ0) is 34.9. The fourth-order valence-electron chi connectivity index (χ4n) is 4.53. The average molecular weight is 689 g/mol. The molecular formula is C36H65O10P. The van der Waals surface area contributed by atoms with Crippen molar-refractivity contribution in [1.82, 2.24) is 0 Å². The number of rotatable bonds is 33. The lowest BCUT2D eigenvalue weighted by atomic mass is 10.1. The first-order valence-corrected chi connectivity index (χ1v) is 19.4. The summed E-state index contributed by atoms with van der Waals surface area (Å²) < 4.78 is 32.5. The van der Waals surface area contributed by atoms with E-state index in [9.17, 15) is 24.2 Å². The van der Waals surface area contributed by atoms with Crippen molar-refractivity contribution in [3.8, 4) is 0 Å². The Morgan fingerprint density at radius 1 is 0.660 bits per heavy atom. The minimum absolute atomic E-state index is 0.150. The summed E-state index contributed by atoms with van der Waals surface area (Å²) in [5, 5.41) is 18.2. The van der Waals surface area contributed by atoms with E-state index in [4.69, 9.17) is 19.1 Å². The van der Waals surface area contributed by atoms with Crippen molar-refractivity contribution < 1.29 is 47.8 Å². The first kappa shape index (κ1) is 45.2. The molecule has 0 aliphatic carbocycles. The molecule has 0 aromatic rings. The van der Waals surface area contributed by atoms with Gasteiger partial charge in [-0.25, -0.2) is 4.57 Å². The highest BCUT2D eigenvalue weighted by atomic mass is 31.2. The van der Waals surface area contributed by atoms with Gasteiger partial charge in [0, 0.05) is 12.8 Å². The summed E-state index contributed by atoms with van der Waals surface area (Å²) in [5.74, 6) is -0.962. The standard InChI is InChI=1S/C36H65O10P/c1-3-5-7-9-11-13-15-16-18-20-22-24-26-28-36(40)46-34(32-45-47(41,42)44-30-33(38)29-37)31-43-35(39)27-25-23-21-19-17-14-12-10-8-6-4-2/h5,7,11,13,16,18,33-34,37-38H,3-4,6,8-10,12,14-15,17,19-32H2,1-2H3,(H,41,42)/b7-5-,13-11-,18-16-. The Balaban J connectivity index is 4.46. The number of aliphatic hydroxyl groups excluding tert-OH is 2. The summed E-state index contributed by atoms with van der Waals surface area (Å²) in [7, 11) is -4.61. The fourth-order valence-corrected chi connectivity index (χ4v) is 5.32. The van der Waals surface area contributed by atoms with Gasteiger partial charge in [0.05, 0.1) is 19.8 Å². The number of carbonyl (C=O) groups excluding carboxylic acids is 2. The fraction of sp³-hybridized carbons (Fsp3) is 0.778. The smallest absolute Gasteiger partial charge is 0.462 e. The molecular weight excluding hydrogens is 623 g/mol. The Labute approximate surface area is 284 Å². The molecule has 0 heterocycles. The Morgan fingerprint density at radius 3 is 1.77 bits per heavy atom. The van der Waals surface area contributed by atoms with Gasteiger partial charge in [-0.3, -0.25) is 18.6 Å². The van der Waals surface area contributed by atoms with Crippen LogP contribution in [0.4, 0.5) is 0 Å². The second-order valence-corrected chi connectivity index (χ2v) is 13.3. The molecule has 0 aliphatic rings. The summed E-state index contributed by atoms with van der Waals surface area (Å²) in [5.41, 5.74) is 0. The molecule has 47 heavy (non-hydrogen) atoms. The lowest BCUT2D eigenvalue weighted by Gasteiger charge is -2.20. The van der Waals surface area contributed by atoms with E-state index in [-0.39, 0.29) is 19.4 Å². The normalized spacial score (nSPS) is 14.6. The van der Waals surface area contributed by atoms with Gasteiger partial charge in [0.2, 0.25) is 0 Å². The van der Waals surface area contributed by atoms with Crippen molar-refractivity contribution in [3.63, 3.8) is 0 Å². The summed E-state index contributed by atoms with van der Waals surface area (Å²) in [4.78, 5) is 34.7. The minimum atomic E-state index is -4.61. The van der Waals surface area contributed by atoms with Crippen LogP contribution in [-0.4, -0.2) is 65.7 Å². The maximum absolute atomic E-state index is 12.5. The molecule has 11 heteroatoms. The van der Waals surface area contributed by atoms with Crippen molar-refractivity contribution in [2.24, 2.45) is 0 Å². The third kappa shape index (κ3) is 32.5. The molecule has 0 spiro atoms. The van der Waals surface area contributed by atoms with Crippen LogP contribution in [0.3, 0.4) is 0 Å². The number of hydrogen-bond acceptors (Lipinski definition) is 9. The zero-order valence-electron chi connectivity index (χ0n) is 29.2. The molecule has 0 fully saturated rings. The average Bonchev–Trinajstić information content (AvgIpc) is 3.05. The van der Waals surface area contributed by atoms with Crippen LogP contribution in [-0.2, 0) is 32.7 Å². The number of carbonyl (C=O) groups is 2. The van der Waals surface area contributed by atoms with Crippen molar-refractivity contribution in [2.75, 3.05) is 26.4 Å². The van der Waals surface area contributed by atoms with Crippen LogP contribution in [0.2, 0.25) is 0 Å². The second kappa shape index (κ2) is 32.7. The first-order valence-electron chi connectivity index (χ1n) is 17.9. The van der Waals surface area contributed by atoms with E-state index >= 15 is 0 Å². The third-order valence-electron chi connectivity index (χ3n) is 7.31. The summed E-state index contributed by atoms with van der Waals surface area (Å²) in [6, 6.07) is 0. The molecule has 0 bridgehead atoms. The number of phosphoric ester groups is 1. The molecule has 0 saturated heterocycles. The van der Waals surface area contributed by atoms with Gasteiger partial charge in [0.1, 0.15) is 12.7 Å². The molecule has 0 rings (SSSR count). The molecule has 0 saturated carbocycles. The number of hydrogen-bond donors (Lipinski definition) is 3. The Hall–Kier alpha value is -1.81. The maximum atomic E-state index is 12.5. The van der Waals surface area contributed by atoms with Gasteiger partial charge >= 0.3 is 19.8 Å². The van der Waals surface area contributed by atoms with E-state index in [0.717, 1.165) is 57.8 Å². The van der Waals surface area contributed by atoms with E-state index in [0.29, 0.717) is 12.8 Å². The molecule has 3 N–H and O–H groups in total. The van der Waals surface area contributed by atoms with Crippen LogP contribution in [0.25, 0.3) is 0 Å². The number of allylic oxidation sites excluding steroid dienone is 6. The van der Waals surface area contributed by atoms with Gasteiger partial charge in [-0.1, -0.05) is 121 Å². The minimum Gasteiger partial charge on any atom is -0.462 e. The summed E-state index contributed by atoms with van der Waals surface area (Å²) in [6.07, 6.45) is 29.8. The van der Waals surface area contributed by atoms with Crippen molar-refractivity contribution in [3.05, 3.63) is 36.5 Å². The van der Waals surface area contributed by atoms with Gasteiger partial charge in [-0.2, -0.15) is 0 Å². The Bertz CT molecular complexity index is 889. The number of aliphatic hydroxyl groups is 2. The summed E-state index contributed by atoms with van der Waals surface area (Å²) >= 11 is 0. The van der Waals surface area contributed by atoms with Crippen LogP contribution < -0.4 is 0 Å². The van der Waals surface area contributed by atoms with E-state index in [2.05, 4.69) is 54.8 Å². The van der Waals surface area contributed by atoms with Gasteiger partial charge in [-0.15, -0.1) is 0 Å². The van der Waals surface area contributed by atoms with Crippen LogP contribution in [0.1, 0.15) is 142 Å². The maximum Gasteiger partial charge on any atom is 0.472 e. The van der Waals surface area contributed by atoms with Gasteiger partial charge in [-0.05, 0) is 44.9 Å². The van der Waals surface area contributed by atoms with E-state index in [1.54, 1.807) is 0 Å². The topological polar surface area (TPSA) is 149 Å². The number of esters is 2. The van der Waals surface area contributed by atoms with E-state index in [1.807, 2.05) is 0 Å². The second-order valence-electron chi connectivity index (χ2n) is 11.9. The molecule has 0 amide bonds. The van der Waals surface area contributed by atoms with Crippen LogP contribution in [0.5, 0.6) is 0 Å². The summed E-state index contributed by atoms with van der Waals surface area (Å²) in [6.45, 7) is 2.19. The highest BCUT2D eigenvalue weighted by molar-refractivity contribution is 7.47. The third-order valence-corrected chi connectivity index (χ3v) is 8.26. The SMILES string of the molecule is CC/C=C\C/C=C\C/C=C\CCCCCC(=O)OC(COC(=O)CCCCCCCCCCCCC)COP(=O)(O)OCC(O)CO. The van der Waals surface area contributed by atoms with Crippen molar-refractivity contribution in [2.45, 2.75) is 154 Å². The number of ether oxygens (including phenoxy) is 2. The largest absolute Gasteiger partial charge is 0.472 e. The van der Waals surface area contributed by atoms with Crippen molar-refractivity contribution in [1.29, 1.82) is 0 Å². The zero-order valence-corrected chi connectivity index (χ0v) is 30.1. The predicted octanol–water partition coefficient (Wildman–Crippen LogP) is 8.44. The van der Waals surface area contributed by atoms with Crippen LogP contribution in [0.15, 0.2) is 36.5 Å². The van der Waals surface area contributed by atoms with Gasteiger partial charge in [0.25, 0.3) is 0 Å². The lowest BCUT2D eigenvalue weighted by Crippen LogP contribution is -2.29.